The van der Waals surface area contributed by atoms with Crippen molar-refractivity contribution >= 4 is 28.5 Å². The van der Waals surface area contributed by atoms with Crippen molar-refractivity contribution < 1.29 is 18.3 Å². The number of furan rings is 1. The van der Waals surface area contributed by atoms with Gasteiger partial charge < -0.3 is 9.15 Å². The molecule has 3 aromatic rings. The minimum Gasteiger partial charge on any atom is -0.460 e. The van der Waals surface area contributed by atoms with Crippen LogP contribution in [0.15, 0.2) is 22.8 Å². The Bertz CT molecular complexity index is 827. The van der Waals surface area contributed by atoms with Crippen molar-refractivity contribution in [2.75, 3.05) is 0 Å². The number of fused-ring (bicyclic) bond motifs is 1. The third-order valence-corrected chi connectivity index (χ3v) is 3.01. The normalized spacial score (nSPS) is 11.0. The summed E-state index contributed by atoms with van der Waals surface area (Å²) < 4.78 is 23.7. The number of nitrogens with zero attached hydrogens (tertiary/aromatic N) is 2. The van der Waals surface area contributed by atoms with Crippen LogP contribution in [0.5, 0.6) is 0 Å². The lowest BCUT2D eigenvalue weighted by molar-refractivity contribution is 0.0464. The summed E-state index contributed by atoms with van der Waals surface area (Å²) in [5, 5.41) is 6.90. The average Bonchev–Trinajstić information content (AvgIpc) is 3.02. The van der Waals surface area contributed by atoms with Crippen LogP contribution >= 0.6 is 11.6 Å². The van der Waals surface area contributed by atoms with Gasteiger partial charge in [0, 0.05) is 10.4 Å². The molecule has 2 aromatic heterocycles. The van der Waals surface area contributed by atoms with Crippen LogP contribution in [0.2, 0.25) is 5.02 Å². The number of aryl methyl sites for hydroxylation is 1. The maximum atomic E-state index is 13.6. The Labute approximate surface area is 122 Å². The van der Waals surface area contributed by atoms with E-state index >= 15 is 0 Å². The molecule has 0 saturated heterocycles. The molecule has 0 spiro atoms. The van der Waals surface area contributed by atoms with Gasteiger partial charge in [-0.1, -0.05) is 11.6 Å². The average molecular weight is 310 g/mol. The topological polar surface area (TPSA) is 81.0 Å². The highest BCUT2D eigenvalue weighted by molar-refractivity contribution is 6.31. The first-order valence-corrected chi connectivity index (χ1v) is 6.33. The Kier molecular flexibility index (Phi) is 3.34. The maximum Gasteiger partial charge on any atom is 0.342 e. The molecule has 0 aliphatic heterocycles. The minimum absolute atomic E-state index is 0.0416. The molecular formula is C13H9ClFN3O3. The second-order valence-corrected chi connectivity index (χ2v) is 4.76. The predicted molar refractivity (Wildman–Crippen MR) is 71.4 cm³/mol. The van der Waals surface area contributed by atoms with Crippen LogP contribution in [0.4, 0.5) is 4.39 Å². The van der Waals surface area contributed by atoms with E-state index < -0.39 is 11.8 Å². The number of nitrogens with one attached hydrogen (secondary N) is 1. The van der Waals surface area contributed by atoms with Crippen LogP contribution in [0.25, 0.3) is 11.0 Å². The van der Waals surface area contributed by atoms with Gasteiger partial charge in [0.2, 0.25) is 0 Å². The maximum absolute atomic E-state index is 13.6. The molecule has 0 unspecified atom stereocenters. The monoisotopic (exact) mass is 309 g/mol. The highest BCUT2D eigenvalue weighted by Gasteiger charge is 2.19. The number of carbonyl (C=O) groups excluding carboxylic acids is 1. The molecule has 6 nitrogen and oxygen atoms in total. The minimum atomic E-state index is -0.669. The molecule has 0 radical (unpaired) electrons. The third-order valence-electron chi connectivity index (χ3n) is 2.79. The number of halogens is 2. The molecule has 2 heterocycles. The van der Waals surface area contributed by atoms with Crippen LogP contribution in [0, 0.1) is 12.7 Å². The molecule has 1 N–H and O–H groups in total. The van der Waals surface area contributed by atoms with E-state index in [9.17, 15) is 9.18 Å². The summed E-state index contributed by atoms with van der Waals surface area (Å²) in [4.78, 5) is 16.0. The SMILES string of the molecule is Cc1nc(COC(=O)c2coc3c(F)cc(Cl)cc23)n[nH]1. The van der Waals surface area contributed by atoms with E-state index in [2.05, 4.69) is 15.2 Å². The number of H-pyrrole nitrogens is 1. The summed E-state index contributed by atoms with van der Waals surface area (Å²) in [6, 6.07) is 2.55. The standard InChI is InChI=1S/C13H9ClFN3O3/c1-6-16-11(18-17-6)5-21-13(19)9-4-20-12-8(9)2-7(14)3-10(12)15/h2-4H,5H2,1H3,(H,16,17,18). The molecule has 0 aliphatic rings. The molecule has 0 amide bonds. The Balaban J connectivity index is 1.84. The van der Waals surface area contributed by atoms with E-state index in [4.69, 9.17) is 20.8 Å². The molecule has 0 aliphatic carbocycles. The zero-order valence-corrected chi connectivity index (χ0v) is 11.6. The molecule has 21 heavy (non-hydrogen) atoms. The number of benzene rings is 1. The van der Waals surface area contributed by atoms with Gasteiger partial charge in [-0.2, -0.15) is 5.10 Å². The first-order chi connectivity index (χ1) is 10.0. The largest absolute Gasteiger partial charge is 0.460 e. The van der Waals surface area contributed by atoms with E-state index in [0.717, 1.165) is 12.3 Å². The Morgan fingerprint density at radius 2 is 2.33 bits per heavy atom. The predicted octanol–water partition coefficient (Wildman–Crippen LogP) is 3.01. The number of rotatable bonds is 3. The summed E-state index contributed by atoms with van der Waals surface area (Å²) >= 11 is 5.78. The Hall–Kier alpha value is -2.41. The highest BCUT2D eigenvalue weighted by atomic mass is 35.5. The quantitative estimate of drug-likeness (QED) is 0.752. The lowest BCUT2D eigenvalue weighted by Crippen LogP contribution is -2.05. The molecular weight excluding hydrogens is 301 g/mol. The first-order valence-electron chi connectivity index (χ1n) is 5.96. The number of esters is 1. The van der Waals surface area contributed by atoms with E-state index in [1.54, 1.807) is 6.92 Å². The molecule has 8 heteroatoms. The lowest BCUT2D eigenvalue weighted by atomic mass is 10.2. The fourth-order valence-corrected chi connectivity index (χ4v) is 2.09. The van der Waals surface area contributed by atoms with E-state index in [0.29, 0.717) is 11.6 Å². The molecule has 0 bridgehead atoms. The van der Waals surface area contributed by atoms with Crippen LogP contribution in [0.1, 0.15) is 22.0 Å². The second-order valence-electron chi connectivity index (χ2n) is 4.33. The van der Waals surface area contributed by atoms with Crippen molar-refractivity contribution in [3.05, 3.63) is 46.4 Å². The number of aromatic nitrogens is 3. The van der Waals surface area contributed by atoms with Gasteiger partial charge in [0.15, 0.2) is 23.8 Å². The zero-order valence-electron chi connectivity index (χ0n) is 10.8. The van der Waals surface area contributed by atoms with Gasteiger partial charge in [-0.05, 0) is 19.1 Å². The van der Waals surface area contributed by atoms with Crippen molar-refractivity contribution in [3.63, 3.8) is 0 Å². The summed E-state index contributed by atoms with van der Waals surface area (Å²) in [5.41, 5.74) is 0.0544. The zero-order chi connectivity index (χ0) is 15.0. The van der Waals surface area contributed by atoms with Gasteiger partial charge in [0.25, 0.3) is 0 Å². The van der Waals surface area contributed by atoms with Gasteiger partial charge >= 0.3 is 5.97 Å². The summed E-state index contributed by atoms with van der Waals surface area (Å²) in [5.74, 6) is -0.347. The summed E-state index contributed by atoms with van der Waals surface area (Å²) in [6.07, 6.45) is 1.13. The van der Waals surface area contributed by atoms with E-state index in [1.807, 2.05) is 0 Å². The van der Waals surface area contributed by atoms with Gasteiger partial charge in [-0.25, -0.2) is 14.2 Å². The van der Waals surface area contributed by atoms with E-state index in [1.165, 1.54) is 6.07 Å². The van der Waals surface area contributed by atoms with Crippen molar-refractivity contribution in [2.24, 2.45) is 0 Å². The molecule has 3 rings (SSSR count). The van der Waals surface area contributed by atoms with Crippen LogP contribution in [-0.2, 0) is 11.3 Å². The van der Waals surface area contributed by atoms with Gasteiger partial charge in [-0.15, -0.1) is 0 Å². The van der Waals surface area contributed by atoms with Gasteiger partial charge in [0.05, 0.1) is 0 Å². The second kappa shape index (κ2) is 5.17. The van der Waals surface area contributed by atoms with Gasteiger partial charge in [0.1, 0.15) is 17.7 Å². The number of aromatic amines is 1. The molecule has 0 saturated carbocycles. The Morgan fingerprint density at radius 3 is 3.05 bits per heavy atom. The highest BCUT2D eigenvalue weighted by Crippen LogP contribution is 2.28. The smallest absolute Gasteiger partial charge is 0.342 e. The van der Waals surface area contributed by atoms with Gasteiger partial charge in [-0.3, -0.25) is 5.10 Å². The number of hydrogen-bond acceptors (Lipinski definition) is 5. The number of hydrogen-bond donors (Lipinski definition) is 1. The van der Waals surface area contributed by atoms with Crippen LogP contribution in [0.3, 0.4) is 0 Å². The fraction of sp³-hybridized carbons (Fsp3) is 0.154. The summed E-state index contributed by atoms with van der Waals surface area (Å²) in [7, 11) is 0. The molecule has 1 aromatic carbocycles. The van der Waals surface area contributed by atoms with Crippen LogP contribution < -0.4 is 0 Å². The van der Waals surface area contributed by atoms with Crippen molar-refractivity contribution in [1.82, 2.24) is 15.2 Å². The number of ether oxygens (including phenoxy) is 1. The number of carbonyl (C=O) groups is 1. The first kappa shape index (κ1) is 13.6. The van der Waals surface area contributed by atoms with Crippen molar-refractivity contribution in [1.29, 1.82) is 0 Å². The molecule has 0 fully saturated rings. The van der Waals surface area contributed by atoms with E-state index in [-0.39, 0.29) is 28.2 Å². The van der Waals surface area contributed by atoms with Crippen molar-refractivity contribution in [3.8, 4) is 0 Å². The Morgan fingerprint density at radius 1 is 1.52 bits per heavy atom. The molecule has 0 atom stereocenters. The van der Waals surface area contributed by atoms with Crippen LogP contribution in [-0.4, -0.2) is 21.2 Å². The molecule has 108 valence electrons. The van der Waals surface area contributed by atoms with Crippen molar-refractivity contribution in [2.45, 2.75) is 13.5 Å². The summed E-state index contributed by atoms with van der Waals surface area (Å²) in [6.45, 7) is 1.63. The fourth-order valence-electron chi connectivity index (χ4n) is 1.88. The third kappa shape index (κ3) is 2.59. The lowest BCUT2D eigenvalue weighted by Gasteiger charge is -2.00.